The number of nitrogens with zero attached hydrogens (tertiary/aromatic N) is 3. The van der Waals surface area contributed by atoms with Crippen molar-refractivity contribution in [1.82, 2.24) is 19.9 Å². The van der Waals surface area contributed by atoms with E-state index < -0.39 is 0 Å². The van der Waals surface area contributed by atoms with Gasteiger partial charge in [-0.1, -0.05) is 0 Å². The van der Waals surface area contributed by atoms with Crippen LogP contribution >= 0.6 is 0 Å². The van der Waals surface area contributed by atoms with Gasteiger partial charge < -0.3 is 10.1 Å². The first-order chi connectivity index (χ1) is 9.15. The smallest absolute Gasteiger partial charge is 0.155 e. The third kappa shape index (κ3) is 2.35. The Hall–Kier alpha value is -1.46. The van der Waals surface area contributed by atoms with Crippen molar-refractivity contribution >= 4 is 5.65 Å². The molecule has 3 rings (SSSR count). The standard InChI is InChI=1S/C14H20N4O/c1-9-6-14-15-7-13(11(3)18(14)17-9)10(2)16-12-4-5-19-8-12/h6-7,10,12,16H,4-5,8H2,1-3H3. The Balaban J connectivity index is 1.88. The molecule has 0 aromatic carbocycles. The van der Waals surface area contributed by atoms with Crippen LogP contribution in [0.3, 0.4) is 0 Å². The Bertz CT molecular complexity index is 586. The molecular weight excluding hydrogens is 240 g/mol. The van der Waals surface area contributed by atoms with Crippen LogP contribution in [0.2, 0.25) is 0 Å². The number of hydrogen-bond acceptors (Lipinski definition) is 4. The molecule has 1 saturated heterocycles. The topological polar surface area (TPSA) is 51.5 Å². The van der Waals surface area contributed by atoms with E-state index in [1.165, 1.54) is 5.56 Å². The van der Waals surface area contributed by atoms with Gasteiger partial charge in [0.25, 0.3) is 0 Å². The van der Waals surface area contributed by atoms with Crippen molar-refractivity contribution in [3.63, 3.8) is 0 Å². The van der Waals surface area contributed by atoms with Gasteiger partial charge in [-0.15, -0.1) is 0 Å². The van der Waals surface area contributed by atoms with Crippen molar-refractivity contribution in [1.29, 1.82) is 0 Å². The molecule has 0 radical (unpaired) electrons. The lowest BCUT2D eigenvalue weighted by Crippen LogP contribution is -2.32. The number of nitrogens with one attached hydrogen (secondary N) is 1. The minimum Gasteiger partial charge on any atom is -0.380 e. The third-order valence-electron chi connectivity index (χ3n) is 3.77. The Morgan fingerprint density at radius 1 is 1.47 bits per heavy atom. The van der Waals surface area contributed by atoms with Gasteiger partial charge in [0.2, 0.25) is 0 Å². The molecular formula is C14H20N4O. The minimum atomic E-state index is 0.258. The van der Waals surface area contributed by atoms with Crippen molar-refractivity contribution in [2.45, 2.75) is 39.3 Å². The predicted octanol–water partition coefficient (Wildman–Crippen LogP) is 1.79. The zero-order valence-electron chi connectivity index (χ0n) is 11.7. The average molecular weight is 260 g/mol. The van der Waals surface area contributed by atoms with Gasteiger partial charge in [0.15, 0.2) is 5.65 Å². The second-order valence-electron chi connectivity index (χ2n) is 5.30. The van der Waals surface area contributed by atoms with Gasteiger partial charge in [0.05, 0.1) is 12.3 Å². The largest absolute Gasteiger partial charge is 0.380 e. The van der Waals surface area contributed by atoms with Crippen LogP contribution in [-0.2, 0) is 4.74 Å². The van der Waals surface area contributed by atoms with E-state index in [2.05, 4.69) is 29.2 Å². The molecule has 2 aromatic rings. The summed E-state index contributed by atoms with van der Waals surface area (Å²) < 4.78 is 7.33. The van der Waals surface area contributed by atoms with Crippen LogP contribution in [0, 0.1) is 13.8 Å². The Morgan fingerprint density at radius 2 is 2.32 bits per heavy atom. The highest BCUT2D eigenvalue weighted by Gasteiger charge is 2.20. The van der Waals surface area contributed by atoms with E-state index in [-0.39, 0.29) is 6.04 Å². The number of ether oxygens (including phenoxy) is 1. The summed E-state index contributed by atoms with van der Waals surface area (Å²) in [5.41, 5.74) is 4.26. The van der Waals surface area contributed by atoms with Crippen molar-refractivity contribution in [2.24, 2.45) is 0 Å². The fraction of sp³-hybridized carbons (Fsp3) is 0.571. The van der Waals surface area contributed by atoms with Crippen LogP contribution in [0.15, 0.2) is 12.3 Å². The fourth-order valence-corrected chi connectivity index (χ4v) is 2.71. The first-order valence-corrected chi connectivity index (χ1v) is 6.81. The predicted molar refractivity (Wildman–Crippen MR) is 73.2 cm³/mol. The number of aromatic nitrogens is 3. The lowest BCUT2D eigenvalue weighted by Gasteiger charge is -2.20. The molecule has 1 fully saturated rings. The second-order valence-corrected chi connectivity index (χ2v) is 5.30. The molecule has 1 aliphatic rings. The summed E-state index contributed by atoms with van der Waals surface area (Å²) in [6, 6.07) is 2.71. The highest BCUT2D eigenvalue weighted by molar-refractivity contribution is 5.42. The van der Waals surface area contributed by atoms with Gasteiger partial charge in [-0.2, -0.15) is 5.10 Å². The maximum atomic E-state index is 5.40. The molecule has 0 saturated carbocycles. The lowest BCUT2D eigenvalue weighted by molar-refractivity contribution is 0.188. The summed E-state index contributed by atoms with van der Waals surface area (Å²) in [7, 11) is 0. The van der Waals surface area contributed by atoms with Gasteiger partial charge >= 0.3 is 0 Å². The SMILES string of the molecule is Cc1cc2ncc(C(C)NC3CCOC3)c(C)n2n1. The van der Waals surface area contributed by atoms with E-state index in [0.717, 1.165) is 36.7 Å². The Labute approximate surface area is 113 Å². The van der Waals surface area contributed by atoms with E-state index in [0.29, 0.717) is 6.04 Å². The molecule has 1 N–H and O–H groups in total. The molecule has 5 heteroatoms. The molecule has 5 nitrogen and oxygen atoms in total. The molecule has 2 atom stereocenters. The molecule has 0 spiro atoms. The molecule has 0 amide bonds. The first-order valence-electron chi connectivity index (χ1n) is 6.81. The van der Waals surface area contributed by atoms with E-state index >= 15 is 0 Å². The van der Waals surface area contributed by atoms with E-state index in [1.54, 1.807) is 0 Å². The molecule has 0 aliphatic carbocycles. The summed E-state index contributed by atoms with van der Waals surface area (Å²) in [5, 5.41) is 8.09. The number of aryl methyl sites for hydroxylation is 2. The molecule has 19 heavy (non-hydrogen) atoms. The second kappa shape index (κ2) is 4.90. The average Bonchev–Trinajstić information content (AvgIpc) is 2.98. The number of fused-ring (bicyclic) bond motifs is 1. The van der Waals surface area contributed by atoms with E-state index in [4.69, 9.17) is 4.74 Å². The summed E-state index contributed by atoms with van der Waals surface area (Å²) >= 11 is 0. The lowest BCUT2D eigenvalue weighted by atomic mass is 10.1. The monoisotopic (exact) mass is 260 g/mol. The van der Waals surface area contributed by atoms with Crippen molar-refractivity contribution in [3.05, 3.63) is 29.2 Å². The molecule has 3 heterocycles. The summed E-state index contributed by atoms with van der Waals surface area (Å²) in [6.45, 7) is 7.93. The van der Waals surface area contributed by atoms with Crippen LogP contribution in [0.25, 0.3) is 5.65 Å². The first kappa shape index (κ1) is 12.6. The molecule has 2 aromatic heterocycles. The normalized spacial score (nSPS) is 21.1. The molecule has 102 valence electrons. The zero-order chi connectivity index (χ0) is 13.4. The van der Waals surface area contributed by atoms with Crippen molar-refractivity contribution in [2.75, 3.05) is 13.2 Å². The Morgan fingerprint density at radius 3 is 3.05 bits per heavy atom. The van der Waals surface area contributed by atoms with Gasteiger partial charge in [0, 0.05) is 42.2 Å². The summed E-state index contributed by atoms with van der Waals surface area (Å²) in [5.74, 6) is 0. The highest BCUT2D eigenvalue weighted by Crippen LogP contribution is 2.19. The van der Waals surface area contributed by atoms with Crippen LogP contribution in [0.5, 0.6) is 0 Å². The van der Waals surface area contributed by atoms with Gasteiger partial charge in [-0.05, 0) is 27.2 Å². The van der Waals surface area contributed by atoms with Gasteiger partial charge in [0.1, 0.15) is 0 Å². The summed E-state index contributed by atoms with van der Waals surface area (Å²) in [4.78, 5) is 4.49. The number of hydrogen-bond donors (Lipinski definition) is 1. The fourth-order valence-electron chi connectivity index (χ4n) is 2.71. The van der Waals surface area contributed by atoms with Crippen molar-refractivity contribution in [3.8, 4) is 0 Å². The van der Waals surface area contributed by atoms with E-state index in [9.17, 15) is 0 Å². The molecule has 1 aliphatic heterocycles. The van der Waals surface area contributed by atoms with Gasteiger partial charge in [-0.3, -0.25) is 0 Å². The summed E-state index contributed by atoms with van der Waals surface area (Å²) in [6.07, 6.45) is 3.04. The van der Waals surface area contributed by atoms with Crippen LogP contribution in [-0.4, -0.2) is 33.9 Å². The Kier molecular flexibility index (Phi) is 3.24. The highest BCUT2D eigenvalue weighted by atomic mass is 16.5. The van der Waals surface area contributed by atoms with Crippen LogP contribution in [0.1, 0.15) is 36.3 Å². The van der Waals surface area contributed by atoms with Crippen molar-refractivity contribution < 1.29 is 4.74 Å². The van der Waals surface area contributed by atoms with Crippen LogP contribution in [0.4, 0.5) is 0 Å². The van der Waals surface area contributed by atoms with E-state index in [1.807, 2.05) is 23.7 Å². The molecule has 0 bridgehead atoms. The van der Waals surface area contributed by atoms with Gasteiger partial charge in [-0.25, -0.2) is 9.50 Å². The maximum Gasteiger partial charge on any atom is 0.155 e. The maximum absolute atomic E-state index is 5.40. The minimum absolute atomic E-state index is 0.258. The quantitative estimate of drug-likeness (QED) is 0.914. The zero-order valence-corrected chi connectivity index (χ0v) is 11.7. The third-order valence-corrected chi connectivity index (χ3v) is 3.77. The van der Waals surface area contributed by atoms with Crippen LogP contribution < -0.4 is 5.32 Å². The molecule has 2 unspecified atom stereocenters. The number of rotatable bonds is 3.